The molecule has 0 saturated carbocycles. The number of β-amino-alcohol motifs (C(OH)–C–C–N with tert-alkyl or cyclic N) is 1. The van der Waals surface area contributed by atoms with E-state index in [0.717, 1.165) is 4.90 Å². The van der Waals surface area contributed by atoms with Crippen molar-refractivity contribution in [2.24, 2.45) is 11.7 Å². The zero-order chi connectivity index (χ0) is 14.7. The van der Waals surface area contributed by atoms with Gasteiger partial charge in [-0.2, -0.15) is 0 Å². The zero-order valence-electron chi connectivity index (χ0n) is 10.9. The van der Waals surface area contributed by atoms with E-state index in [1.54, 1.807) is 13.8 Å². The molecule has 0 aromatic heterocycles. The minimum Gasteiger partial charge on any atom is -0.480 e. The second-order valence-corrected chi connectivity index (χ2v) is 4.97. The lowest BCUT2D eigenvalue weighted by atomic mass is 10.0. The lowest BCUT2D eigenvalue weighted by Gasteiger charge is -2.26. The van der Waals surface area contributed by atoms with Crippen LogP contribution < -0.4 is 11.1 Å². The fourth-order valence-electron chi connectivity index (χ4n) is 2.05. The molecule has 1 fully saturated rings. The van der Waals surface area contributed by atoms with E-state index >= 15 is 0 Å². The van der Waals surface area contributed by atoms with Crippen LogP contribution in [0.2, 0.25) is 0 Å². The number of carboxylic acid groups (broad SMARTS) is 1. The average Bonchev–Trinajstić information content (AvgIpc) is 2.67. The van der Waals surface area contributed by atoms with Gasteiger partial charge >= 0.3 is 12.0 Å². The summed E-state index contributed by atoms with van der Waals surface area (Å²) in [5.74, 6) is -2.08. The molecule has 1 aliphatic heterocycles. The number of aliphatic hydroxyl groups is 1. The molecule has 1 heterocycles. The summed E-state index contributed by atoms with van der Waals surface area (Å²) in [6, 6.07) is -2.67. The van der Waals surface area contributed by atoms with Crippen LogP contribution in [-0.4, -0.2) is 57.8 Å². The SMILES string of the molecule is CC(C)C(NC(=O)N1C[C@H](O)C[C@H]1C(=O)O)C(N)=O. The largest absolute Gasteiger partial charge is 0.480 e. The topological polar surface area (TPSA) is 133 Å². The van der Waals surface area contributed by atoms with Gasteiger partial charge < -0.3 is 26.2 Å². The summed E-state index contributed by atoms with van der Waals surface area (Å²) in [6.45, 7) is 3.35. The zero-order valence-corrected chi connectivity index (χ0v) is 10.9. The number of aliphatic carboxylic acids is 1. The number of carbonyl (C=O) groups excluding carboxylic acids is 2. The van der Waals surface area contributed by atoms with Gasteiger partial charge in [0.2, 0.25) is 5.91 Å². The molecule has 8 heteroatoms. The molecule has 0 aromatic rings. The van der Waals surface area contributed by atoms with Crippen LogP contribution >= 0.6 is 0 Å². The Morgan fingerprint density at radius 1 is 1.37 bits per heavy atom. The molecular weight excluding hydrogens is 254 g/mol. The summed E-state index contributed by atoms with van der Waals surface area (Å²) >= 11 is 0. The third kappa shape index (κ3) is 3.57. The lowest BCUT2D eigenvalue weighted by molar-refractivity contribution is -0.141. The highest BCUT2D eigenvalue weighted by Crippen LogP contribution is 2.18. The molecule has 19 heavy (non-hydrogen) atoms. The van der Waals surface area contributed by atoms with Crippen LogP contribution in [-0.2, 0) is 9.59 Å². The van der Waals surface area contributed by atoms with Crippen molar-refractivity contribution >= 4 is 17.9 Å². The highest BCUT2D eigenvalue weighted by molar-refractivity contribution is 5.88. The van der Waals surface area contributed by atoms with E-state index in [0.29, 0.717) is 0 Å². The van der Waals surface area contributed by atoms with E-state index in [4.69, 9.17) is 10.8 Å². The predicted molar refractivity (Wildman–Crippen MR) is 65.1 cm³/mol. The Morgan fingerprint density at radius 3 is 2.37 bits per heavy atom. The van der Waals surface area contributed by atoms with Crippen LogP contribution in [0, 0.1) is 5.92 Å². The summed E-state index contributed by atoms with van der Waals surface area (Å²) < 4.78 is 0. The standard InChI is InChI=1S/C11H19N3O5/c1-5(2)8(9(12)16)13-11(19)14-4-6(15)3-7(14)10(17)18/h5-8,15H,3-4H2,1-2H3,(H2,12,16)(H,13,19)(H,17,18)/t6-,7+,8?/m1/s1. The molecule has 0 spiro atoms. The molecule has 3 amide bonds. The van der Waals surface area contributed by atoms with Crippen molar-refractivity contribution in [2.75, 3.05) is 6.54 Å². The number of hydrogen-bond acceptors (Lipinski definition) is 4. The average molecular weight is 273 g/mol. The number of nitrogens with zero attached hydrogens (tertiary/aromatic N) is 1. The maximum Gasteiger partial charge on any atom is 0.326 e. The van der Waals surface area contributed by atoms with Crippen molar-refractivity contribution in [3.63, 3.8) is 0 Å². The number of aliphatic hydroxyl groups excluding tert-OH is 1. The molecule has 1 rings (SSSR count). The summed E-state index contributed by atoms with van der Waals surface area (Å²) in [6.07, 6.45) is -0.899. The predicted octanol–water partition coefficient (Wildman–Crippen LogP) is -1.27. The molecular formula is C11H19N3O5. The molecule has 0 radical (unpaired) electrons. The normalized spacial score (nSPS) is 24.3. The first-order valence-electron chi connectivity index (χ1n) is 6.01. The number of rotatable bonds is 4. The summed E-state index contributed by atoms with van der Waals surface area (Å²) in [4.78, 5) is 35.1. The Labute approximate surface area is 110 Å². The van der Waals surface area contributed by atoms with E-state index in [1.807, 2.05) is 0 Å². The Kier molecular flexibility index (Phi) is 4.71. The lowest BCUT2D eigenvalue weighted by Crippen LogP contribution is -2.54. The van der Waals surface area contributed by atoms with E-state index in [9.17, 15) is 19.5 Å². The Hall–Kier alpha value is -1.83. The third-order valence-electron chi connectivity index (χ3n) is 3.08. The smallest absolute Gasteiger partial charge is 0.326 e. The van der Waals surface area contributed by atoms with Crippen LogP contribution in [0.1, 0.15) is 20.3 Å². The van der Waals surface area contributed by atoms with Crippen LogP contribution in [0.3, 0.4) is 0 Å². The molecule has 5 N–H and O–H groups in total. The number of carboxylic acids is 1. The minimum atomic E-state index is -1.19. The van der Waals surface area contributed by atoms with Gasteiger partial charge in [0.1, 0.15) is 12.1 Å². The number of nitrogens with one attached hydrogen (secondary N) is 1. The molecule has 1 unspecified atom stereocenters. The second kappa shape index (κ2) is 5.87. The molecule has 108 valence electrons. The Morgan fingerprint density at radius 2 is 1.95 bits per heavy atom. The number of hydrogen-bond donors (Lipinski definition) is 4. The fourth-order valence-corrected chi connectivity index (χ4v) is 2.05. The molecule has 1 aliphatic rings. The van der Waals surface area contributed by atoms with Gasteiger partial charge in [0.15, 0.2) is 0 Å². The van der Waals surface area contributed by atoms with Crippen molar-refractivity contribution in [3.05, 3.63) is 0 Å². The molecule has 0 bridgehead atoms. The number of nitrogens with two attached hydrogens (primary N) is 1. The Bertz CT molecular complexity index is 385. The van der Waals surface area contributed by atoms with E-state index < -0.39 is 36.1 Å². The maximum atomic E-state index is 12.0. The number of primary amides is 1. The summed E-state index contributed by atoms with van der Waals surface area (Å²) in [5, 5.41) is 20.8. The highest BCUT2D eigenvalue weighted by Gasteiger charge is 2.40. The van der Waals surface area contributed by atoms with Gasteiger partial charge in [0, 0.05) is 13.0 Å². The van der Waals surface area contributed by atoms with Gasteiger partial charge in [-0.15, -0.1) is 0 Å². The number of urea groups is 1. The monoisotopic (exact) mass is 273 g/mol. The van der Waals surface area contributed by atoms with Gasteiger partial charge in [-0.1, -0.05) is 13.8 Å². The van der Waals surface area contributed by atoms with Gasteiger partial charge in [0.25, 0.3) is 0 Å². The first kappa shape index (κ1) is 15.2. The fraction of sp³-hybridized carbons (Fsp3) is 0.727. The Balaban J connectivity index is 2.76. The van der Waals surface area contributed by atoms with E-state index in [2.05, 4.69) is 5.32 Å². The third-order valence-corrected chi connectivity index (χ3v) is 3.08. The first-order chi connectivity index (χ1) is 8.73. The summed E-state index contributed by atoms with van der Waals surface area (Å²) in [5.41, 5.74) is 5.17. The van der Waals surface area contributed by atoms with Gasteiger partial charge in [-0.3, -0.25) is 4.79 Å². The van der Waals surface area contributed by atoms with Gasteiger partial charge in [-0.25, -0.2) is 9.59 Å². The van der Waals surface area contributed by atoms with E-state index in [1.165, 1.54) is 0 Å². The summed E-state index contributed by atoms with van der Waals surface area (Å²) in [7, 11) is 0. The van der Waals surface area contributed by atoms with Crippen molar-refractivity contribution in [3.8, 4) is 0 Å². The molecule has 3 atom stereocenters. The number of carbonyl (C=O) groups is 3. The second-order valence-electron chi connectivity index (χ2n) is 4.97. The maximum absolute atomic E-state index is 12.0. The quantitative estimate of drug-likeness (QED) is 0.506. The van der Waals surface area contributed by atoms with Crippen LogP contribution in [0.25, 0.3) is 0 Å². The molecule has 0 aromatic carbocycles. The molecule has 0 aliphatic carbocycles. The molecule has 8 nitrogen and oxygen atoms in total. The van der Waals surface area contributed by atoms with Gasteiger partial charge in [0.05, 0.1) is 6.10 Å². The van der Waals surface area contributed by atoms with Gasteiger partial charge in [-0.05, 0) is 5.92 Å². The van der Waals surface area contributed by atoms with Crippen LogP contribution in [0.5, 0.6) is 0 Å². The number of likely N-dealkylation sites (tertiary alicyclic amines) is 1. The van der Waals surface area contributed by atoms with Crippen LogP contribution in [0.4, 0.5) is 4.79 Å². The number of amides is 3. The van der Waals surface area contributed by atoms with Crippen molar-refractivity contribution in [1.29, 1.82) is 0 Å². The highest BCUT2D eigenvalue weighted by atomic mass is 16.4. The van der Waals surface area contributed by atoms with Crippen molar-refractivity contribution in [1.82, 2.24) is 10.2 Å². The van der Waals surface area contributed by atoms with Crippen molar-refractivity contribution < 1.29 is 24.6 Å². The van der Waals surface area contributed by atoms with Crippen molar-refractivity contribution in [2.45, 2.75) is 38.5 Å². The van der Waals surface area contributed by atoms with E-state index in [-0.39, 0.29) is 18.9 Å². The minimum absolute atomic E-state index is 0.0222. The first-order valence-corrected chi connectivity index (χ1v) is 6.01. The molecule has 1 saturated heterocycles. The van der Waals surface area contributed by atoms with Crippen LogP contribution in [0.15, 0.2) is 0 Å².